The van der Waals surface area contributed by atoms with Crippen molar-refractivity contribution >= 4 is 31.0 Å². The van der Waals surface area contributed by atoms with E-state index >= 15 is 0 Å². The second-order valence-corrected chi connectivity index (χ2v) is 5.02. The van der Waals surface area contributed by atoms with Crippen LogP contribution in [0.15, 0.2) is 30.3 Å². The monoisotopic (exact) mass is 254 g/mol. The molecule has 0 fully saturated rings. The molecule has 0 aliphatic rings. The van der Waals surface area contributed by atoms with Crippen LogP contribution >= 0.6 is 21.4 Å². The normalized spacial score (nSPS) is 9.50. The standard InChI is InChI=1S/C9H12O.Cl2OS/c10-8-4-7-9-5-2-1-3-6-9;1-4(2)3/h1-3,5-6,10H,4,7-8H2;. The van der Waals surface area contributed by atoms with E-state index in [0.717, 1.165) is 12.8 Å². The van der Waals surface area contributed by atoms with Crippen molar-refractivity contribution in [3.8, 4) is 0 Å². The third-order valence-corrected chi connectivity index (χ3v) is 1.47. The second kappa shape index (κ2) is 9.62. The van der Waals surface area contributed by atoms with Gasteiger partial charge in [-0.3, -0.25) is 0 Å². The number of aliphatic hydroxyl groups is 1. The fourth-order valence-corrected chi connectivity index (χ4v) is 0.928. The predicted molar refractivity (Wildman–Crippen MR) is 61.7 cm³/mol. The summed E-state index contributed by atoms with van der Waals surface area (Å²) in [5, 5.41) is 8.53. The fourth-order valence-electron chi connectivity index (χ4n) is 0.928. The first kappa shape index (κ1) is 14.1. The highest BCUT2D eigenvalue weighted by Gasteiger charge is 1.88. The van der Waals surface area contributed by atoms with Gasteiger partial charge in [-0.15, -0.1) is 0 Å². The largest absolute Gasteiger partial charge is 0.582 e. The predicted octanol–water partition coefficient (Wildman–Crippen LogP) is 2.65. The highest BCUT2D eigenvalue weighted by molar-refractivity contribution is 8.31. The lowest BCUT2D eigenvalue weighted by molar-refractivity contribution is 0.288. The van der Waals surface area contributed by atoms with E-state index < -0.39 is 9.60 Å². The first-order chi connectivity index (χ1) is 6.66. The lowest BCUT2D eigenvalue weighted by Gasteiger charge is -1.96. The van der Waals surface area contributed by atoms with E-state index in [4.69, 9.17) is 9.66 Å². The Morgan fingerprint density at radius 1 is 1.21 bits per heavy atom. The van der Waals surface area contributed by atoms with E-state index in [0.29, 0.717) is 0 Å². The molecule has 1 rings (SSSR count). The molecule has 2 nitrogen and oxygen atoms in total. The molecule has 0 heterocycles. The molecule has 0 radical (unpaired) electrons. The average Bonchev–Trinajstić information content (AvgIpc) is 2.15. The third-order valence-electron chi connectivity index (χ3n) is 1.47. The highest BCUT2D eigenvalue weighted by atomic mass is 36.0. The van der Waals surface area contributed by atoms with Crippen LogP contribution in [0.1, 0.15) is 12.0 Å². The summed E-state index contributed by atoms with van der Waals surface area (Å²) in [7, 11) is 7.36. The summed E-state index contributed by atoms with van der Waals surface area (Å²) in [5.41, 5.74) is 1.30. The van der Waals surface area contributed by atoms with Crippen LogP contribution in [0, 0.1) is 0 Å². The van der Waals surface area contributed by atoms with Gasteiger partial charge in [-0.1, -0.05) is 30.3 Å². The summed E-state index contributed by atoms with van der Waals surface area (Å²) < 4.78 is 9.09. The lowest BCUT2D eigenvalue weighted by Crippen LogP contribution is -1.87. The van der Waals surface area contributed by atoms with Gasteiger partial charge in [0.05, 0.1) is 0 Å². The van der Waals surface area contributed by atoms with Gasteiger partial charge in [0, 0.05) is 6.61 Å². The Balaban J connectivity index is 0.000000364. The maximum Gasteiger partial charge on any atom is 0.198 e. The molecule has 1 aromatic rings. The fraction of sp³-hybridized carbons (Fsp3) is 0.333. The molecule has 1 aromatic carbocycles. The topological polar surface area (TPSA) is 43.3 Å². The molecule has 14 heavy (non-hydrogen) atoms. The van der Waals surface area contributed by atoms with Crippen LogP contribution in [0.5, 0.6) is 0 Å². The van der Waals surface area contributed by atoms with Gasteiger partial charge in [0.25, 0.3) is 0 Å². The molecule has 0 unspecified atom stereocenters. The molecule has 0 atom stereocenters. The molecule has 0 amide bonds. The van der Waals surface area contributed by atoms with Gasteiger partial charge < -0.3 is 9.66 Å². The van der Waals surface area contributed by atoms with E-state index in [1.165, 1.54) is 5.56 Å². The van der Waals surface area contributed by atoms with Crippen LogP contribution in [-0.4, -0.2) is 16.3 Å². The average molecular weight is 255 g/mol. The molecular formula is C9H12Cl2O2S. The Morgan fingerprint density at radius 3 is 2.14 bits per heavy atom. The number of benzene rings is 1. The molecular weight excluding hydrogens is 243 g/mol. The number of halogens is 2. The zero-order valence-electron chi connectivity index (χ0n) is 7.53. The molecule has 1 N–H and O–H groups in total. The van der Waals surface area contributed by atoms with Crippen molar-refractivity contribution in [3.05, 3.63) is 35.9 Å². The van der Waals surface area contributed by atoms with Gasteiger partial charge in [0.2, 0.25) is 0 Å². The Labute approximate surface area is 96.0 Å². The summed E-state index contributed by atoms with van der Waals surface area (Å²) in [6, 6.07) is 10.2. The number of hydrogen-bond donors (Lipinski definition) is 1. The molecule has 0 aromatic heterocycles. The van der Waals surface area contributed by atoms with E-state index in [-0.39, 0.29) is 6.61 Å². The summed E-state index contributed by atoms with van der Waals surface area (Å²) in [6.07, 6.45) is 1.85. The molecule has 0 bridgehead atoms. The highest BCUT2D eigenvalue weighted by Crippen LogP contribution is 2.00. The maximum atomic E-state index is 9.09. The number of rotatable bonds is 3. The summed E-state index contributed by atoms with van der Waals surface area (Å²) in [4.78, 5) is 0. The van der Waals surface area contributed by atoms with E-state index in [9.17, 15) is 0 Å². The molecule has 0 saturated carbocycles. The lowest BCUT2D eigenvalue weighted by atomic mass is 10.1. The van der Waals surface area contributed by atoms with Crippen molar-refractivity contribution < 1.29 is 9.66 Å². The number of aryl methyl sites for hydroxylation is 1. The van der Waals surface area contributed by atoms with Crippen molar-refractivity contribution in [2.45, 2.75) is 12.8 Å². The minimum absolute atomic E-state index is 0.287. The van der Waals surface area contributed by atoms with Crippen molar-refractivity contribution in [1.82, 2.24) is 0 Å². The van der Waals surface area contributed by atoms with Crippen LogP contribution in [0.25, 0.3) is 0 Å². The van der Waals surface area contributed by atoms with E-state index in [1.54, 1.807) is 0 Å². The van der Waals surface area contributed by atoms with Gasteiger partial charge in [0.15, 0.2) is 31.0 Å². The van der Waals surface area contributed by atoms with Crippen LogP contribution in [0.4, 0.5) is 0 Å². The van der Waals surface area contributed by atoms with Crippen molar-refractivity contribution in [2.24, 2.45) is 0 Å². The minimum atomic E-state index is -1.67. The van der Waals surface area contributed by atoms with Gasteiger partial charge in [-0.05, 0) is 18.4 Å². The molecule has 0 spiro atoms. The zero-order chi connectivity index (χ0) is 10.8. The van der Waals surface area contributed by atoms with Crippen molar-refractivity contribution in [1.29, 1.82) is 0 Å². The molecule has 80 valence electrons. The van der Waals surface area contributed by atoms with E-state index in [1.807, 2.05) is 18.2 Å². The second-order valence-electron chi connectivity index (χ2n) is 2.50. The Morgan fingerprint density at radius 2 is 1.71 bits per heavy atom. The SMILES string of the molecule is OCCCc1ccccc1.[O-][S+](Cl)Cl. The maximum absolute atomic E-state index is 9.09. The van der Waals surface area contributed by atoms with E-state index in [2.05, 4.69) is 33.5 Å². The molecule has 0 aliphatic heterocycles. The molecule has 0 saturated heterocycles. The van der Waals surface area contributed by atoms with Gasteiger partial charge in [0.1, 0.15) is 0 Å². The van der Waals surface area contributed by atoms with Crippen LogP contribution in [-0.2, 0) is 16.0 Å². The van der Waals surface area contributed by atoms with Gasteiger partial charge in [-0.25, -0.2) is 0 Å². The van der Waals surface area contributed by atoms with Crippen LogP contribution in [0.3, 0.4) is 0 Å². The van der Waals surface area contributed by atoms with Crippen molar-refractivity contribution in [3.63, 3.8) is 0 Å². The molecule has 5 heteroatoms. The summed E-state index contributed by atoms with van der Waals surface area (Å²) >= 11 is 0. The zero-order valence-corrected chi connectivity index (χ0v) is 9.86. The summed E-state index contributed by atoms with van der Waals surface area (Å²) in [6.45, 7) is 0.287. The molecule has 0 aliphatic carbocycles. The Hall–Kier alpha value is 0.0700. The quantitative estimate of drug-likeness (QED) is 0.844. The van der Waals surface area contributed by atoms with Crippen molar-refractivity contribution in [2.75, 3.05) is 6.61 Å². The Kier molecular flexibility index (Phi) is 9.67. The Bertz CT molecular complexity index is 217. The van der Waals surface area contributed by atoms with Gasteiger partial charge in [-0.2, -0.15) is 0 Å². The first-order valence-electron chi connectivity index (χ1n) is 4.06. The van der Waals surface area contributed by atoms with Crippen LogP contribution < -0.4 is 0 Å². The smallest absolute Gasteiger partial charge is 0.198 e. The van der Waals surface area contributed by atoms with Gasteiger partial charge >= 0.3 is 0 Å². The third kappa shape index (κ3) is 10.2. The number of aliphatic hydroxyl groups excluding tert-OH is 1. The minimum Gasteiger partial charge on any atom is -0.582 e. The van der Waals surface area contributed by atoms with Crippen LogP contribution in [0.2, 0.25) is 0 Å². The number of hydrogen-bond acceptors (Lipinski definition) is 2. The summed E-state index contributed by atoms with van der Waals surface area (Å²) in [5.74, 6) is 0. The first-order valence-corrected chi connectivity index (χ1v) is 6.86.